The van der Waals surface area contributed by atoms with E-state index in [0.29, 0.717) is 18.0 Å². The molecule has 0 unspecified atom stereocenters. The number of hydrogen-bond donors (Lipinski definition) is 1. The Kier molecular flexibility index (Phi) is 9.53. The van der Waals surface area contributed by atoms with E-state index >= 15 is 0 Å². The van der Waals surface area contributed by atoms with Gasteiger partial charge in [0.1, 0.15) is 6.61 Å². The monoisotopic (exact) mass is 669 g/mol. The largest absolute Gasteiger partial charge is 0.475 e. The van der Waals surface area contributed by atoms with Gasteiger partial charge in [-0.25, -0.2) is 18.1 Å². The topological polar surface area (TPSA) is 124 Å². The number of nitrogens with zero attached hydrogens (tertiary/aromatic N) is 4. The number of fused-ring (bicyclic) bond motifs is 4. The van der Waals surface area contributed by atoms with Crippen molar-refractivity contribution in [3.8, 4) is 17.1 Å². The molecule has 2 aromatic heterocycles. The number of rotatable bonds is 5. The van der Waals surface area contributed by atoms with Gasteiger partial charge >= 0.3 is 0 Å². The van der Waals surface area contributed by atoms with Crippen LogP contribution in [0.3, 0.4) is 0 Å². The van der Waals surface area contributed by atoms with E-state index in [1.54, 1.807) is 23.1 Å². The van der Waals surface area contributed by atoms with Gasteiger partial charge in [0.2, 0.25) is 11.8 Å². The molecule has 252 valence electrons. The van der Waals surface area contributed by atoms with Crippen molar-refractivity contribution in [3.05, 3.63) is 94.8 Å². The highest BCUT2D eigenvalue weighted by atomic mass is 32.2. The molecule has 0 aliphatic carbocycles. The molecule has 4 aromatic rings. The van der Waals surface area contributed by atoms with E-state index in [0.717, 1.165) is 54.0 Å². The summed E-state index contributed by atoms with van der Waals surface area (Å²) < 4.78 is 41.8. The number of anilines is 1. The molecule has 1 amide bonds. The fourth-order valence-electron chi connectivity index (χ4n) is 6.52. The number of benzene rings is 2. The first-order valence-electron chi connectivity index (χ1n) is 16.4. The van der Waals surface area contributed by atoms with Gasteiger partial charge in [0.05, 0.1) is 28.9 Å². The minimum absolute atomic E-state index is 0.0672. The van der Waals surface area contributed by atoms with Crippen LogP contribution in [0.2, 0.25) is 0 Å². The average Bonchev–Trinajstić information content (AvgIpc) is 3.05. The van der Waals surface area contributed by atoms with Crippen LogP contribution in [-0.4, -0.2) is 60.0 Å². The zero-order chi connectivity index (χ0) is 34.1. The third kappa shape index (κ3) is 7.68. The lowest BCUT2D eigenvalue weighted by Gasteiger charge is -2.35. The Balaban J connectivity index is 1.43. The van der Waals surface area contributed by atoms with Gasteiger partial charge in [0, 0.05) is 36.6 Å². The number of pyridine rings is 1. The van der Waals surface area contributed by atoms with Gasteiger partial charge in [-0.15, -0.1) is 0 Å². The number of sulfonamides is 1. The van der Waals surface area contributed by atoms with Gasteiger partial charge in [-0.3, -0.25) is 9.78 Å². The molecule has 10 nitrogen and oxygen atoms in total. The summed E-state index contributed by atoms with van der Waals surface area (Å²) >= 11 is 0. The van der Waals surface area contributed by atoms with E-state index in [2.05, 4.69) is 41.5 Å². The Bertz CT molecular complexity index is 1880. The lowest BCUT2D eigenvalue weighted by atomic mass is 9.87. The molecule has 1 N–H and O–H groups in total. The highest BCUT2D eigenvalue weighted by molar-refractivity contribution is 7.92. The van der Waals surface area contributed by atoms with Gasteiger partial charge in [-0.2, -0.15) is 4.98 Å². The van der Waals surface area contributed by atoms with Crippen LogP contribution in [-0.2, 0) is 21.3 Å². The summed E-state index contributed by atoms with van der Waals surface area (Å²) in [7, 11) is -4.16. The minimum Gasteiger partial charge on any atom is -0.475 e. The molecule has 1 fully saturated rings. The minimum atomic E-state index is -4.16. The first kappa shape index (κ1) is 33.5. The van der Waals surface area contributed by atoms with Crippen molar-refractivity contribution in [2.45, 2.75) is 77.3 Å². The molecule has 0 radical (unpaired) electrons. The first-order valence-corrected chi connectivity index (χ1v) is 17.9. The smallest absolute Gasteiger partial charge is 0.264 e. The van der Waals surface area contributed by atoms with E-state index in [1.807, 2.05) is 44.3 Å². The van der Waals surface area contributed by atoms with Crippen molar-refractivity contribution in [2.24, 2.45) is 5.41 Å². The quantitative estimate of drug-likeness (QED) is 0.249. The van der Waals surface area contributed by atoms with Crippen molar-refractivity contribution < 1.29 is 22.7 Å². The zero-order valence-corrected chi connectivity index (χ0v) is 29.0. The lowest BCUT2D eigenvalue weighted by Crippen LogP contribution is -2.45. The van der Waals surface area contributed by atoms with Crippen LogP contribution in [0, 0.1) is 19.3 Å². The van der Waals surface area contributed by atoms with Crippen LogP contribution >= 0.6 is 0 Å². The molecule has 4 heterocycles. The summed E-state index contributed by atoms with van der Waals surface area (Å²) in [5, 5.41) is 0. The Hall–Kier alpha value is -4.35. The molecular weight excluding hydrogens is 627 g/mol. The summed E-state index contributed by atoms with van der Waals surface area (Å²) in [6.07, 6.45) is 4.43. The maximum Gasteiger partial charge on any atom is 0.264 e. The van der Waals surface area contributed by atoms with Gasteiger partial charge in [-0.05, 0) is 85.4 Å². The second-order valence-corrected chi connectivity index (χ2v) is 15.6. The molecule has 4 bridgehead atoms. The zero-order valence-electron chi connectivity index (χ0n) is 28.2. The van der Waals surface area contributed by atoms with Crippen LogP contribution in [0.15, 0.2) is 71.8 Å². The lowest BCUT2D eigenvalue weighted by molar-refractivity contribution is 0.0509. The van der Waals surface area contributed by atoms with Crippen LogP contribution in [0.4, 0.5) is 5.95 Å². The van der Waals surface area contributed by atoms with Crippen LogP contribution in [0.1, 0.15) is 78.7 Å². The molecule has 2 aliphatic heterocycles. The SMILES string of the molecule is Cc1cccc(C)c1-c1cc2nc(n1)NS(=O)(=O)c1cccc(c1)C(=O)N(Cc1ccc(C3CCOCC3)cn1)[C@H](CC(C)(C)C)CO2. The molecular formula is C37H43N5O5S. The maximum atomic E-state index is 14.4. The summed E-state index contributed by atoms with van der Waals surface area (Å²) in [4.78, 5) is 30.0. The molecule has 1 saturated heterocycles. The number of hydrogen-bond acceptors (Lipinski definition) is 8. The number of carbonyl (C=O) groups excluding carboxylic acids is 1. The number of nitrogens with one attached hydrogen (secondary N) is 1. The molecule has 11 heteroatoms. The second kappa shape index (κ2) is 13.6. The van der Waals surface area contributed by atoms with Crippen LogP contribution < -0.4 is 9.46 Å². The normalized spacial score (nSPS) is 18.6. The fraction of sp³-hybridized carbons (Fsp3) is 0.405. The van der Waals surface area contributed by atoms with E-state index in [4.69, 9.17) is 14.5 Å². The first-order chi connectivity index (χ1) is 22.9. The summed E-state index contributed by atoms with van der Waals surface area (Å²) in [5.41, 5.74) is 5.34. The summed E-state index contributed by atoms with van der Waals surface area (Å²) in [6, 6.07) is 17.4. The Morgan fingerprint density at radius 1 is 0.958 bits per heavy atom. The Labute approximate surface area is 283 Å². The summed E-state index contributed by atoms with van der Waals surface area (Å²) in [6.45, 7) is 12.2. The van der Waals surface area contributed by atoms with Crippen molar-refractivity contribution in [3.63, 3.8) is 0 Å². The molecule has 48 heavy (non-hydrogen) atoms. The van der Waals surface area contributed by atoms with Crippen molar-refractivity contribution >= 4 is 21.9 Å². The highest BCUT2D eigenvalue weighted by Gasteiger charge is 2.32. The van der Waals surface area contributed by atoms with E-state index in [9.17, 15) is 13.2 Å². The average molecular weight is 670 g/mol. The molecule has 1 atom stereocenters. The van der Waals surface area contributed by atoms with Gasteiger partial charge in [-0.1, -0.05) is 51.1 Å². The fourth-order valence-corrected chi connectivity index (χ4v) is 7.51. The van der Waals surface area contributed by atoms with Crippen LogP contribution in [0.5, 0.6) is 5.88 Å². The van der Waals surface area contributed by atoms with Gasteiger partial charge < -0.3 is 14.4 Å². The molecule has 0 saturated carbocycles. The van der Waals surface area contributed by atoms with E-state index in [1.165, 1.54) is 12.1 Å². The number of aryl methyl sites for hydroxylation is 2. The van der Waals surface area contributed by atoms with Crippen molar-refractivity contribution in [2.75, 3.05) is 24.5 Å². The maximum absolute atomic E-state index is 14.4. The highest BCUT2D eigenvalue weighted by Crippen LogP contribution is 2.32. The van der Waals surface area contributed by atoms with E-state index in [-0.39, 0.29) is 46.8 Å². The predicted molar refractivity (Wildman–Crippen MR) is 184 cm³/mol. The predicted octanol–water partition coefficient (Wildman–Crippen LogP) is 6.69. The van der Waals surface area contributed by atoms with E-state index < -0.39 is 16.1 Å². The van der Waals surface area contributed by atoms with Crippen molar-refractivity contribution in [1.29, 1.82) is 0 Å². The molecule has 0 spiro atoms. The Morgan fingerprint density at radius 3 is 2.38 bits per heavy atom. The number of aromatic nitrogens is 3. The second-order valence-electron chi connectivity index (χ2n) is 13.9. The van der Waals surface area contributed by atoms with Gasteiger partial charge in [0.25, 0.3) is 15.9 Å². The van der Waals surface area contributed by atoms with Crippen molar-refractivity contribution in [1.82, 2.24) is 19.9 Å². The van der Waals surface area contributed by atoms with Gasteiger partial charge in [0.15, 0.2) is 0 Å². The third-order valence-corrected chi connectivity index (χ3v) is 10.2. The third-order valence-electron chi connectivity index (χ3n) is 8.90. The summed E-state index contributed by atoms with van der Waals surface area (Å²) in [5.74, 6) is 0.183. The number of amides is 1. The number of carbonyl (C=O) groups is 1. The Morgan fingerprint density at radius 2 is 1.69 bits per heavy atom. The number of ether oxygens (including phenoxy) is 2. The molecule has 2 aromatic carbocycles. The van der Waals surface area contributed by atoms with Crippen LogP contribution in [0.25, 0.3) is 11.3 Å². The standard InChI is InChI=1S/C37H43N5O5S/c1-24-8-6-9-25(2)34(24)32-19-33-40-36(39-32)41-48(44,45)31-11-7-10-27(18-31)35(43)42(30(23-47-33)20-37(3,4)5)22-29-13-12-28(21-38-29)26-14-16-46-17-15-26/h6-13,18-19,21,26,30H,14-17,20,22-23H2,1-5H3,(H,39,40,41)/t30-/m1/s1. The molecule has 6 rings (SSSR count). The molecule has 2 aliphatic rings.